The lowest BCUT2D eigenvalue weighted by Crippen LogP contribution is -2.63. The third kappa shape index (κ3) is 2.27. The van der Waals surface area contributed by atoms with Gasteiger partial charge >= 0.3 is 11.9 Å². The van der Waals surface area contributed by atoms with Crippen molar-refractivity contribution in [2.24, 2.45) is 23.5 Å². The van der Waals surface area contributed by atoms with Crippen molar-refractivity contribution in [2.45, 2.75) is 43.9 Å². The first kappa shape index (κ1) is 15.7. The number of aliphatic carboxylic acids is 2. The maximum Gasteiger partial charge on any atom is 0.332 e. The van der Waals surface area contributed by atoms with Crippen LogP contribution < -0.4 is 11.1 Å². The second-order valence-electron chi connectivity index (χ2n) is 5.82. The first-order valence-corrected chi connectivity index (χ1v) is 6.95. The van der Waals surface area contributed by atoms with E-state index in [2.05, 4.69) is 5.32 Å². The minimum absolute atomic E-state index is 0.169. The summed E-state index contributed by atoms with van der Waals surface area (Å²) in [4.78, 5) is 34.6. The minimum Gasteiger partial charge on any atom is -0.481 e. The summed E-state index contributed by atoms with van der Waals surface area (Å²) >= 11 is 0. The second-order valence-corrected chi connectivity index (χ2v) is 5.82. The fourth-order valence-corrected chi connectivity index (χ4v) is 3.49. The van der Waals surface area contributed by atoms with Crippen LogP contribution in [0.1, 0.15) is 26.2 Å². The smallest absolute Gasteiger partial charge is 0.332 e. The Morgan fingerprint density at radius 3 is 2.52 bits per heavy atom. The molecule has 5 N–H and O–H groups in total. The Morgan fingerprint density at radius 1 is 1.43 bits per heavy atom. The first-order chi connectivity index (χ1) is 9.77. The monoisotopic (exact) mass is 302 g/mol. The normalized spacial score (nSPS) is 38.4. The molecule has 7 nitrogen and oxygen atoms in total. The molecule has 0 unspecified atom stereocenters. The second kappa shape index (κ2) is 5.25. The predicted octanol–water partition coefficient (Wildman–Crippen LogP) is -0.258. The summed E-state index contributed by atoms with van der Waals surface area (Å²) in [6, 6.07) is -0.931. The summed E-state index contributed by atoms with van der Waals surface area (Å²) in [6.45, 7) is 1.81. The van der Waals surface area contributed by atoms with Crippen LogP contribution in [0.15, 0.2) is 0 Å². The number of carbonyl (C=O) groups is 3. The number of carboxylic acids is 2. The summed E-state index contributed by atoms with van der Waals surface area (Å²) in [5.41, 5.74) is 3.45. The van der Waals surface area contributed by atoms with Gasteiger partial charge in [0.25, 0.3) is 0 Å². The zero-order valence-corrected chi connectivity index (χ0v) is 11.6. The molecule has 21 heavy (non-hydrogen) atoms. The molecule has 2 fully saturated rings. The number of amides is 1. The number of nitrogens with two attached hydrogens (primary N) is 1. The molecule has 0 heterocycles. The summed E-state index contributed by atoms with van der Waals surface area (Å²) < 4.78 is 14.2. The van der Waals surface area contributed by atoms with Crippen LogP contribution in [0.3, 0.4) is 0 Å². The van der Waals surface area contributed by atoms with Crippen molar-refractivity contribution >= 4 is 17.8 Å². The van der Waals surface area contributed by atoms with Crippen molar-refractivity contribution in [3.8, 4) is 0 Å². The largest absolute Gasteiger partial charge is 0.481 e. The zero-order chi connectivity index (χ0) is 15.9. The van der Waals surface area contributed by atoms with Crippen molar-refractivity contribution < 1.29 is 29.0 Å². The van der Waals surface area contributed by atoms with Crippen LogP contribution in [0, 0.1) is 17.8 Å². The van der Waals surface area contributed by atoms with Crippen molar-refractivity contribution in [3.05, 3.63) is 0 Å². The van der Waals surface area contributed by atoms with Crippen molar-refractivity contribution in [3.63, 3.8) is 0 Å². The van der Waals surface area contributed by atoms with Crippen LogP contribution in [0.4, 0.5) is 4.39 Å². The van der Waals surface area contributed by atoms with Gasteiger partial charge in [-0.3, -0.25) is 9.59 Å². The van der Waals surface area contributed by atoms with E-state index in [-0.39, 0.29) is 6.42 Å². The molecule has 0 saturated heterocycles. The molecule has 0 aliphatic heterocycles. The number of rotatable bonds is 6. The molecular formula is C13H19FN2O5. The number of hydrogen-bond acceptors (Lipinski definition) is 4. The molecule has 0 aromatic rings. The summed E-state index contributed by atoms with van der Waals surface area (Å²) in [7, 11) is 0. The van der Waals surface area contributed by atoms with E-state index in [1.807, 2.05) is 6.92 Å². The van der Waals surface area contributed by atoms with Gasteiger partial charge in [0.2, 0.25) is 5.91 Å². The Balaban J connectivity index is 2.23. The molecule has 0 spiro atoms. The SMILES string of the molecule is CCC[C@H](N)C(=O)N[C@]1(C(=O)O)[C@H]2[C@@H](C[C@@H]1F)[C@@H]2C(=O)O. The lowest BCUT2D eigenvalue weighted by atomic mass is 9.88. The Bertz CT molecular complexity index is 485. The van der Waals surface area contributed by atoms with Crippen molar-refractivity contribution in [1.82, 2.24) is 5.32 Å². The fraction of sp³-hybridized carbons (Fsp3) is 0.769. The third-order valence-corrected chi connectivity index (χ3v) is 4.57. The Morgan fingerprint density at radius 2 is 2.05 bits per heavy atom. The lowest BCUT2D eigenvalue weighted by Gasteiger charge is -2.32. The molecule has 2 aliphatic carbocycles. The molecule has 2 saturated carbocycles. The van der Waals surface area contributed by atoms with Gasteiger partial charge in [-0.2, -0.15) is 0 Å². The van der Waals surface area contributed by atoms with Gasteiger partial charge in [0, 0.05) is 5.92 Å². The van der Waals surface area contributed by atoms with Crippen molar-refractivity contribution in [1.29, 1.82) is 0 Å². The third-order valence-electron chi connectivity index (χ3n) is 4.57. The van der Waals surface area contributed by atoms with E-state index in [0.717, 1.165) is 0 Å². The van der Waals surface area contributed by atoms with E-state index >= 15 is 0 Å². The number of hydrogen-bond donors (Lipinski definition) is 4. The molecule has 118 valence electrons. The summed E-state index contributed by atoms with van der Waals surface area (Å²) in [5, 5.41) is 20.6. The number of alkyl halides is 1. The van der Waals surface area contributed by atoms with Gasteiger partial charge in [0.05, 0.1) is 12.0 Å². The molecule has 8 heteroatoms. The standard InChI is InChI=1S/C13H19FN2O5/c1-2-3-6(15)10(17)16-13(12(20)21)7(14)4-5-8(9(5)13)11(18)19/h5-9H,2-4,15H2,1H3,(H,16,17)(H,18,19)(H,20,21)/t5-,6-,7-,8-,9-,13-/m0/s1. The van der Waals surface area contributed by atoms with Gasteiger partial charge < -0.3 is 21.3 Å². The van der Waals surface area contributed by atoms with Crippen LogP contribution in [-0.2, 0) is 14.4 Å². The summed E-state index contributed by atoms with van der Waals surface area (Å²) in [5.74, 6) is -5.83. The van der Waals surface area contributed by atoms with E-state index < -0.39 is 53.4 Å². The van der Waals surface area contributed by atoms with Gasteiger partial charge in [-0.05, 0) is 18.8 Å². The van der Waals surface area contributed by atoms with Crippen LogP contribution in [0.5, 0.6) is 0 Å². The highest BCUT2D eigenvalue weighted by molar-refractivity contribution is 5.93. The Hall–Kier alpha value is -1.70. The topological polar surface area (TPSA) is 130 Å². The van der Waals surface area contributed by atoms with Crippen LogP contribution in [0.25, 0.3) is 0 Å². The number of fused-ring (bicyclic) bond motifs is 1. The van der Waals surface area contributed by atoms with E-state index in [4.69, 9.17) is 10.8 Å². The van der Waals surface area contributed by atoms with E-state index in [1.165, 1.54) is 0 Å². The van der Waals surface area contributed by atoms with Gasteiger partial charge in [0.15, 0.2) is 5.54 Å². The van der Waals surface area contributed by atoms with E-state index in [1.54, 1.807) is 0 Å². The van der Waals surface area contributed by atoms with Crippen LogP contribution in [0.2, 0.25) is 0 Å². The van der Waals surface area contributed by atoms with Gasteiger partial charge in [0.1, 0.15) is 6.17 Å². The number of halogens is 1. The average molecular weight is 302 g/mol. The molecule has 0 bridgehead atoms. The zero-order valence-electron chi connectivity index (χ0n) is 11.6. The maximum absolute atomic E-state index is 14.2. The van der Waals surface area contributed by atoms with Crippen LogP contribution in [-0.4, -0.2) is 45.8 Å². The van der Waals surface area contributed by atoms with Gasteiger partial charge in [-0.25, -0.2) is 9.18 Å². The maximum atomic E-state index is 14.2. The van der Waals surface area contributed by atoms with E-state index in [9.17, 15) is 23.9 Å². The molecule has 0 aromatic heterocycles. The van der Waals surface area contributed by atoms with Gasteiger partial charge in [-0.1, -0.05) is 13.3 Å². The Labute approximate surface area is 120 Å². The highest BCUT2D eigenvalue weighted by atomic mass is 19.1. The molecule has 0 radical (unpaired) electrons. The predicted molar refractivity (Wildman–Crippen MR) is 69.0 cm³/mol. The molecular weight excluding hydrogens is 283 g/mol. The quantitative estimate of drug-likeness (QED) is 0.535. The number of carboxylic acid groups (broad SMARTS) is 2. The fourth-order valence-electron chi connectivity index (χ4n) is 3.49. The average Bonchev–Trinajstić information content (AvgIpc) is 3.02. The van der Waals surface area contributed by atoms with Gasteiger partial charge in [-0.15, -0.1) is 0 Å². The minimum atomic E-state index is -2.17. The summed E-state index contributed by atoms with van der Waals surface area (Å²) in [6.07, 6.45) is -1.01. The van der Waals surface area contributed by atoms with Crippen LogP contribution >= 0.6 is 0 Å². The molecule has 1 amide bonds. The first-order valence-electron chi connectivity index (χ1n) is 6.95. The molecule has 2 aliphatic rings. The molecule has 6 atom stereocenters. The number of nitrogens with one attached hydrogen (secondary N) is 1. The van der Waals surface area contributed by atoms with E-state index in [0.29, 0.717) is 12.8 Å². The highest BCUT2D eigenvalue weighted by Gasteiger charge is 2.76. The molecule has 2 rings (SSSR count). The lowest BCUT2D eigenvalue weighted by molar-refractivity contribution is -0.153. The van der Waals surface area contributed by atoms with Crippen molar-refractivity contribution in [2.75, 3.05) is 0 Å². The highest BCUT2D eigenvalue weighted by Crippen LogP contribution is 2.63. The Kier molecular flexibility index (Phi) is 3.92. The molecule has 0 aromatic carbocycles. The number of carbonyl (C=O) groups excluding carboxylic acids is 1.